The van der Waals surface area contributed by atoms with Crippen LogP contribution >= 0.6 is 0 Å². The first-order valence-electron chi connectivity index (χ1n) is 6.39. The number of carbonyl (C=O) groups excluding carboxylic acids is 1. The average molecular weight is 262 g/mol. The minimum absolute atomic E-state index is 0.0156. The molecule has 0 fully saturated rings. The second-order valence-electron chi connectivity index (χ2n) is 4.07. The molecule has 0 aliphatic heterocycles. The van der Waals surface area contributed by atoms with E-state index < -0.39 is 0 Å². The lowest BCUT2D eigenvalue weighted by Crippen LogP contribution is -2.31. The summed E-state index contributed by atoms with van der Waals surface area (Å²) >= 11 is 0. The van der Waals surface area contributed by atoms with Crippen molar-refractivity contribution in [2.75, 3.05) is 52.7 Å². The Hall–Kier alpha value is -0.690. The summed E-state index contributed by atoms with van der Waals surface area (Å²) in [5.41, 5.74) is 5.26. The topological polar surface area (TPSA) is 82.8 Å². The summed E-state index contributed by atoms with van der Waals surface area (Å²) in [6.07, 6.45) is 0. The smallest absolute Gasteiger partial charge is 0.222 e. The van der Waals surface area contributed by atoms with Gasteiger partial charge in [-0.1, -0.05) is 13.8 Å². The Labute approximate surface area is 109 Å². The van der Waals surface area contributed by atoms with Crippen molar-refractivity contribution in [3.63, 3.8) is 0 Å². The number of nitrogens with one attached hydrogen (secondary N) is 1. The molecule has 0 unspecified atom stereocenters. The van der Waals surface area contributed by atoms with E-state index in [9.17, 15) is 4.79 Å². The van der Waals surface area contributed by atoms with Gasteiger partial charge in [-0.3, -0.25) is 4.79 Å². The number of carbonyl (C=O) groups is 1. The largest absolute Gasteiger partial charge is 0.378 e. The van der Waals surface area contributed by atoms with Crippen LogP contribution in [0, 0.1) is 5.92 Å². The molecule has 3 N–H and O–H groups in total. The highest BCUT2D eigenvalue weighted by Gasteiger charge is 2.04. The quantitative estimate of drug-likeness (QED) is 0.475. The molecule has 0 aromatic heterocycles. The Morgan fingerprint density at radius 3 is 2.00 bits per heavy atom. The van der Waals surface area contributed by atoms with E-state index in [0.29, 0.717) is 52.7 Å². The van der Waals surface area contributed by atoms with Gasteiger partial charge in [-0.15, -0.1) is 0 Å². The second kappa shape index (κ2) is 12.8. The molecule has 0 spiro atoms. The van der Waals surface area contributed by atoms with Gasteiger partial charge >= 0.3 is 0 Å². The molecule has 0 heterocycles. The standard InChI is InChI=1S/C12H26N2O4/c1-11(2)12(15)14-4-6-17-8-10-18-9-7-16-5-3-13/h11H,3-10,13H2,1-2H3,(H,14,15). The van der Waals surface area contributed by atoms with E-state index in [1.165, 1.54) is 0 Å². The molecule has 0 aromatic rings. The fourth-order valence-electron chi connectivity index (χ4n) is 1.08. The highest BCUT2D eigenvalue weighted by molar-refractivity contribution is 5.77. The van der Waals surface area contributed by atoms with Crippen molar-refractivity contribution in [3.8, 4) is 0 Å². The van der Waals surface area contributed by atoms with Gasteiger partial charge in [0.25, 0.3) is 0 Å². The predicted molar refractivity (Wildman–Crippen MR) is 69.4 cm³/mol. The monoisotopic (exact) mass is 262 g/mol. The van der Waals surface area contributed by atoms with Crippen LogP contribution in [0.4, 0.5) is 0 Å². The van der Waals surface area contributed by atoms with Crippen molar-refractivity contribution in [2.24, 2.45) is 11.7 Å². The lowest BCUT2D eigenvalue weighted by molar-refractivity contribution is -0.124. The van der Waals surface area contributed by atoms with E-state index in [1.54, 1.807) is 0 Å². The van der Waals surface area contributed by atoms with Crippen LogP contribution in [0.2, 0.25) is 0 Å². The number of rotatable bonds is 12. The van der Waals surface area contributed by atoms with Gasteiger partial charge in [0.1, 0.15) is 0 Å². The van der Waals surface area contributed by atoms with Gasteiger partial charge in [-0.2, -0.15) is 0 Å². The van der Waals surface area contributed by atoms with Gasteiger partial charge in [0, 0.05) is 19.0 Å². The van der Waals surface area contributed by atoms with E-state index in [1.807, 2.05) is 13.8 Å². The summed E-state index contributed by atoms with van der Waals surface area (Å²) in [7, 11) is 0. The molecule has 0 aliphatic rings. The first-order chi connectivity index (χ1) is 8.68. The Balaban J connectivity index is 3.05. The van der Waals surface area contributed by atoms with E-state index in [4.69, 9.17) is 19.9 Å². The molecule has 0 saturated carbocycles. The summed E-state index contributed by atoms with van der Waals surface area (Å²) in [4.78, 5) is 11.2. The SMILES string of the molecule is CC(C)C(=O)NCCOCCOCCOCCN. The molecule has 0 rings (SSSR count). The number of hydrogen-bond acceptors (Lipinski definition) is 5. The Morgan fingerprint density at radius 2 is 1.50 bits per heavy atom. The maximum absolute atomic E-state index is 11.2. The summed E-state index contributed by atoms with van der Waals surface area (Å²) in [6.45, 7) is 8.02. The molecule has 0 aliphatic carbocycles. The minimum atomic E-state index is 0.0156. The Morgan fingerprint density at radius 1 is 1.00 bits per heavy atom. The molecular weight excluding hydrogens is 236 g/mol. The summed E-state index contributed by atoms with van der Waals surface area (Å²) in [6, 6.07) is 0. The van der Waals surface area contributed by atoms with Crippen molar-refractivity contribution < 1.29 is 19.0 Å². The zero-order valence-electron chi connectivity index (χ0n) is 11.4. The van der Waals surface area contributed by atoms with Crippen LogP contribution < -0.4 is 11.1 Å². The zero-order chi connectivity index (χ0) is 13.6. The maximum atomic E-state index is 11.2. The minimum Gasteiger partial charge on any atom is -0.378 e. The van der Waals surface area contributed by atoms with Crippen molar-refractivity contribution in [1.29, 1.82) is 0 Å². The molecule has 0 radical (unpaired) electrons. The third-order valence-corrected chi connectivity index (χ3v) is 2.08. The van der Waals surface area contributed by atoms with Crippen molar-refractivity contribution in [1.82, 2.24) is 5.32 Å². The molecule has 0 atom stereocenters. The van der Waals surface area contributed by atoms with Gasteiger partial charge in [-0.05, 0) is 0 Å². The molecule has 18 heavy (non-hydrogen) atoms. The zero-order valence-corrected chi connectivity index (χ0v) is 11.4. The van der Waals surface area contributed by atoms with Crippen molar-refractivity contribution in [3.05, 3.63) is 0 Å². The van der Waals surface area contributed by atoms with Crippen molar-refractivity contribution >= 4 is 5.91 Å². The van der Waals surface area contributed by atoms with Crippen LogP contribution in [-0.2, 0) is 19.0 Å². The molecule has 0 saturated heterocycles. The third-order valence-electron chi connectivity index (χ3n) is 2.08. The van der Waals surface area contributed by atoms with Crippen LogP contribution in [0.15, 0.2) is 0 Å². The van der Waals surface area contributed by atoms with Crippen molar-refractivity contribution in [2.45, 2.75) is 13.8 Å². The van der Waals surface area contributed by atoms with E-state index >= 15 is 0 Å². The number of ether oxygens (including phenoxy) is 3. The maximum Gasteiger partial charge on any atom is 0.222 e. The van der Waals surface area contributed by atoms with Crippen LogP contribution in [-0.4, -0.2) is 58.6 Å². The Kier molecular flexibility index (Phi) is 12.3. The van der Waals surface area contributed by atoms with Crippen LogP contribution in [0.25, 0.3) is 0 Å². The first kappa shape index (κ1) is 17.3. The second-order valence-corrected chi connectivity index (χ2v) is 4.07. The van der Waals surface area contributed by atoms with Gasteiger partial charge in [0.05, 0.1) is 39.6 Å². The summed E-state index contributed by atoms with van der Waals surface area (Å²) in [5.74, 6) is 0.0637. The molecule has 108 valence electrons. The van der Waals surface area contributed by atoms with E-state index in [-0.39, 0.29) is 11.8 Å². The van der Waals surface area contributed by atoms with Gasteiger partial charge < -0.3 is 25.3 Å². The fourth-order valence-corrected chi connectivity index (χ4v) is 1.08. The molecular formula is C12H26N2O4. The number of amides is 1. The first-order valence-corrected chi connectivity index (χ1v) is 6.39. The highest BCUT2D eigenvalue weighted by Crippen LogP contribution is 1.89. The van der Waals surface area contributed by atoms with Crippen LogP contribution in [0.5, 0.6) is 0 Å². The molecule has 0 aromatic carbocycles. The van der Waals surface area contributed by atoms with E-state index in [0.717, 1.165) is 0 Å². The number of nitrogens with two attached hydrogens (primary N) is 1. The number of hydrogen-bond donors (Lipinski definition) is 2. The van der Waals surface area contributed by atoms with Gasteiger partial charge in [-0.25, -0.2) is 0 Å². The summed E-state index contributed by atoms with van der Waals surface area (Å²) in [5, 5.41) is 2.77. The molecule has 1 amide bonds. The Bertz CT molecular complexity index is 201. The average Bonchev–Trinajstić information content (AvgIpc) is 2.35. The lowest BCUT2D eigenvalue weighted by Gasteiger charge is -2.08. The molecule has 0 bridgehead atoms. The van der Waals surface area contributed by atoms with E-state index in [2.05, 4.69) is 5.32 Å². The molecule has 6 heteroatoms. The van der Waals surface area contributed by atoms with Gasteiger partial charge in [0.2, 0.25) is 5.91 Å². The van der Waals surface area contributed by atoms with Crippen LogP contribution in [0.3, 0.4) is 0 Å². The molecule has 6 nitrogen and oxygen atoms in total. The van der Waals surface area contributed by atoms with Gasteiger partial charge in [0.15, 0.2) is 0 Å². The predicted octanol–water partition coefficient (Wildman–Crippen LogP) is -0.233. The van der Waals surface area contributed by atoms with Crippen LogP contribution in [0.1, 0.15) is 13.8 Å². The highest BCUT2D eigenvalue weighted by atomic mass is 16.5. The third kappa shape index (κ3) is 11.8. The summed E-state index contributed by atoms with van der Waals surface area (Å²) < 4.78 is 15.7. The fraction of sp³-hybridized carbons (Fsp3) is 0.917. The normalized spacial score (nSPS) is 10.9. The lowest BCUT2D eigenvalue weighted by atomic mass is 10.2.